The summed E-state index contributed by atoms with van der Waals surface area (Å²) in [5.41, 5.74) is 2.73. The highest BCUT2D eigenvalue weighted by Crippen LogP contribution is 2.31. The molecule has 1 unspecified atom stereocenters. The van der Waals surface area contributed by atoms with Gasteiger partial charge >= 0.3 is 0 Å². The number of fused-ring (bicyclic) bond motifs is 1. The average Bonchev–Trinajstić information content (AvgIpc) is 2.47. The first kappa shape index (κ1) is 13.3. The second-order valence-electron chi connectivity index (χ2n) is 5.83. The number of anilines is 1. The molecule has 4 heteroatoms. The molecule has 0 saturated carbocycles. The third-order valence-electron chi connectivity index (χ3n) is 4.59. The van der Waals surface area contributed by atoms with Gasteiger partial charge in [-0.15, -0.1) is 0 Å². The summed E-state index contributed by atoms with van der Waals surface area (Å²) in [5, 5.41) is 0. The molecule has 0 N–H and O–H groups in total. The minimum Gasteiger partial charge on any atom is -0.356 e. The Morgan fingerprint density at radius 3 is 2.68 bits per heavy atom. The van der Waals surface area contributed by atoms with Crippen LogP contribution in [-0.4, -0.2) is 27.9 Å². The SMILES string of the molecule is CC(Br)C1CCN(c2ncnc3c2CCCC3)CC1. The van der Waals surface area contributed by atoms with Crippen molar-refractivity contribution >= 4 is 21.7 Å². The van der Waals surface area contributed by atoms with Crippen molar-refractivity contribution in [1.82, 2.24) is 9.97 Å². The van der Waals surface area contributed by atoms with E-state index in [-0.39, 0.29) is 0 Å². The fourth-order valence-electron chi connectivity index (χ4n) is 3.35. The Bertz CT molecular complexity index is 439. The molecule has 1 aromatic rings. The fourth-order valence-corrected chi connectivity index (χ4v) is 3.88. The van der Waals surface area contributed by atoms with E-state index in [0.717, 1.165) is 25.4 Å². The van der Waals surface area contributed by atoms with Gasteiger partial charge in [-0.25, -0.2) is 9.97 Å². The van der Waals surface area contributed by atoms with Crippen LogP contribution in [0.5, 0.6) is 0 Å². The van der Waals surface area contributed by atoms with Crippen LogP contribution in [0.15, 0.2) is 6.33 Å². The summed E-state index contributed by atoms with van der Waals surface area (Å²) in [6.07, 6.45) is 9.18. The highest BCUT2D eigenvalue weighted by molar-refractivity contribution is 9.09. The zero-order chi connectivity index (χ0) is 13.2. The van der Waals surface area contributed by atoms with E-state index in [1.807, 2.05) is 0 Å². The number of aryl methyl sites for hydroxylation is 1. The van der Waals surface area contributed by atoms with Crippen LogP contribution in [0.2, 0.25) is 0 Å². The lowest BCUT2D eigenvalue weighted by atomic mass is 9.92. The van der Waals surface area contributed by atoms with Crippen molar-refractivity contribution in [2.24, 2.45) is 5.92 Å². The molecule has 0 aromatic carbocycles. The van der Waals surface area contributed by atoms with Gasteiger partial charge in [-0.3, -0.25) is 0 Å². The van der Waals surface area contributed by atoms with E-state index in [2.05, 4.69) is 37.7 Å². The van der Waals surface area contributed by atoms with E-state index in [9.17, 15) is 0 Å². The Labute approximate surface area is 124 Å². The summed E-state index contributed by atoms with van der Waals surface area (Å²) >= 11 is 3.73. The van der Waals surface area contributed by atoms with Gasteiger partial charge < -0.3 is 4.90 Å². The van der Waals surface area contributed by atoms with Gasteiger partial charge in [0.05, 0.1) is 0 Å². The van der Waals surface area contributed by atoms with Crippen molar-refractivity contribution in [3.8, 4) is 0 Å². The number of hydrogen-bond donors (Lipinski definition) is 0. The summed E-state index contributed by atoms with van der Waals surface area (Å²) in [5.74, 6) is 2.04. The molecule has 1 aromatic heterocycles. The maximum atomic E-state index is 4.59. The molecular weight excluding hydrogens is 302 g/mol. The van der Waals surface area contributed by atoms with Crippen molar-refractivity contribution < 1.29 is 0 Å². The lowest BCUT2D eigenvalue weighted by Gasteiger charge is -2.35. The summed E-state index contributed by atoms with van der Waals surface area (Å²) in [4.78, 5) is 12.2. The first-order valence-corrected chi connectivity index (χ1v) is 8.39. The quantitative estimate of drug-likeness (QED) is 0.781. The average molecular weight is 324 g/mol. The number of alkyl halides is 1. The van der Waals surface area contributed by atoms with Gasteiger partial charge in [0.15, 0.2) is 0 Å². The molecule has 1 atom stereocenters. The molecule has 0 radical (unpaired) electrons. The zero-order valence-electron chi connectivity index (χ0n) is 11.6. The minimum atomic E-state index is 0.633. The van der Waals surface area contributed by atoms with Crippen molar-refractivity contribution in [2.45, 2.75) is 50.3 Å². The topological polar surface area (TPSA) is 29.0 Å². The number of rotatable bonds is 2. The summed E-state index contributed by atoms with van der Waals surface area (Å²) in [6, 6.07) is 0. The van der Waals surface area contributed by atoms with Gasteiger partial charge in [0.25, 0.3) is 0 Å². The number of nitrogens with zero attached hydrogens (tertiary/aromatic N) is 3. The predicted molar refractivity (Wildman–Crippen MR) is 82.0 cm³/mol. The summed E-state index contributed by atoms with van der Waals surface area (Å²) in [6.45, 7) is 4.56. The second-order valence-corrected chi connectivity index (χ2v) is 7.28. The lowest BCUT2D eigenvalue weighted by Crippen LogP contribution is -2.37. The maximum Gasteiger partial charge on any atom is 0.135 e. The molecule has 104 valence electrons. The third kappa shape index (κ3) is 2.78. The number of halogens is 1. The molecule has 0 spiro atoms. The molecule has 2 aliphatic rings. The van der Waals surface area contributed by atoms with Gasteiger partial charge in [0.2, 0.25) is 0 Å². The fraction of sp³-hybridized carbons (Fsp3) is 0.733. The van der Waals surface area contributed by atoms with Gasteiger partial charge in [-0.2, -0.15) is 0 Å². The van der Waals surface area contributed by atoms with Crippen LogP contribution in [0.3, 0.4) is 0 Å². The van der Waals surface area contributed by atoms with Crippen LogP contribution in [0.1, 0.15) is 43.9 Å². The highest BCUT2D eigenvalue weighted by Gasteiger charge is 2.26. The second kappa shape index (κ2) is 5.78. The Hall–Kier alpha value is -0.640. The smallest absolute Gasteiger partial charge is 0.135 e. The van der Waals surface area contributed by atoms with E-state index in [1.165, 1.54) is 49.2 Å². The first-order valence-electron chi connectivity index (χ1n) is 7.47. The van der Waals surface area contributed by atoms with E-state index in [1.54, 1.807) is 6.33 Å². The summed E-state index contributed by atoms with van der Waals surface area (Å²) < 4.78 is 0. The van der Waals surface area contributed by atoms with E-state index in [0.29, 0.717) is 4.83 Å². The Balaban J connectivity index is 1.77. The van der Waals surface area contributed by atoms with Crippen molar-refractivity contribution in [3.63, 3.8) is 0 Å². The molecule has 1 saturated heterocycles. The van der Waals surface area contributed by atoms with Crippen LogP contribution < -0.4 is 4.90 Å². The molecule has 0 bridgehead atoms. The Morgan fingerprint density at radius 1 is 1.21 bits per heavy atom. The molecule has 2 heterocycles. The molecule has 1 aliphatic heterocycles. The third-order valence-corrected chi connectivity index (χ3v) is 5.34. The van der Waals surface area contributed by atoms with E-state index in [4.69, 9.17) is 0 Å². The molecular formula is C15H22BrN3. The van der Waals surface area contributed by atoms with Gasteiger partial charge in [-0.1, -0.05) is 22.9 Å². The first-order chi connectivity index (χ1) is 9.25. The normalized spacial score (nSPS) is 22.1. The zero-order valence-corrected chi connectivity index (χ0v) is 13.2. The molecule has 1 aliphatic carbocycles. The molecule has 3 rings (SSSR count). The van der Waals surface area contributed by atoms with E-state index < -0.39 is 0 Å². The minimum absolute atomic E-state index is 0.633. The van der Waals surface area contributed by atoms with Gasteiger partial charge in [0.1, 0.15) is 12.1 Å². The molecule has 19 heavy (non-hydrogen) atoms. The predicted octanol–water partition coefficient (Wildman–Crippen LogP) is 3.36. The van der Waals surface area contributed by atoms with Crippen molar-refractivity contribution in [1.29, 1.82) is 0 Å². The Morgan fingerprint density at radius 2 is 1.95 bits per heavy atom. The molecule has 1 fully saturated rings. The standard InChI is InChI=1S/C15H22BrN3/c1-11(16)12-6-8-19(9-7-12)15-13-4-2-3-5-14(13)17-10-18-15/h10-12H,2-9H2,1H3. The summed E-state index contributed by atoms with van der Waals surface area (Å²) in [7, 11) is 0. The van der Waals surface area contributed by atoms with Crippen LogP contribution in [0.25, 0.3) is 0 Å². The van der Waals surface area contributed by atoms with Crippen LogP contribution >= 0.6 is 15.9 Å². The van der Waals surface area contributed by atoms with Gasteiger partial charge in [-0.05, 0) is 44.4 Å². The number of piperidine rings is 1. The van der Waals surface area contributed by atoms with E-state index >= 15 is 0 Å². The van der Waals surface area contributed by atoms with Crippen molar-refractivity contribution in [2.75, 3.05) is 18.0 Å². The molecule has 0 amide bonds. The van der Waals surface area contributed by atoms with Gasteiger partial charge in [0, 0.05) is 29.2 Å². The highest BCUT2D eigenvalue weighted by atomic mass is 79.9. The van der Waals surface area contributed by atoms with Crippen LogP contribution in [0, 0.1) is 5.92 Å². The number of hydrogen-bond acceptors (Lipinski definition) is 3. The molecule has 3 nitrogen and oxygen atoms in total. The van der Waals surface area contributed by atoms with Crippen molar-refractivity contribution in [3.05, 3.63) is 17.6 Å². The largest absolute Gasteiger partial charge is 0.356 e. The lowest BCUT2D eigenvalue weighted by molar-refractivity contribution is 0.404. The monoisotopic (exact) mass is 323 g/mol. The maximum absolute atomic E-state index is 4.59. The van der Waals surface area contributed by atoms with Crippen LogP contribution in [0.4, 0.5) is 5.82 Å². The Kier molecular flexibility index (Phi) is 4.06. The van der Waals surface area contributed by atoms with Crippen LogP contribution in [-0.2, 0) is 12.8 Å². The number of aromatic nitrogens is 2.